The summed E-state index contributed by atoms with van der Waals surface area (Å²) in [4.78, 5) is 10.9. The lowest BCUT2D eigenvalue weighted by Gasteiger charge is -2.15. The van der Waals surface area contributed by atoms with E-state index in [2.05, 4.69) is 9.98 Å². The van der Waals surface area contributed by atoms with Crippen molar-refractivity contribution in [1.82, 2.24) is 4.90 Å². The molecule has 0 radical (unpaired) electrons. The normalized spacial score (nSPS) is 15.0. The summed E-state index contributed by atoms with van der Waals surface area (Å²) < 4.78 is 0. The lowest BCUT2D eigenvalue weighted by atomic mass is 10.2. The number of likely N-dealkylation sites (N-methyl/N-ethyl adjacent to an activating group) is 1. The minimum Gasteiger partial charge on any atom is -0.312 e. The molecule has 0 amide bonds. The van der Waals surface area contributed by atoms with Gasteiger partial charge in [-0.05, 0) is 12.1 Å². The van der Waals surface area contributed by atoms with Crippen molar-refractivity contribution in [2.75, 3.05) is 7.05 Å². The molecule has 0 aromatic heterocycles. The van der Waals surface area contributed by atoms with Crippen LogP contribution in [0.1, 0.15) is 5.56 Å². The van der Waals surface area contributed by atoms with Gasteiger partial charge in [-0.1, -0.05) is 48.5 Å². The van der Waals surface area contributed by atoms with Crippen LogP contribution in [0.15, 0.2) is 81.9 Å². The topological polar surface area (TPSA) is 75.5 Å². The molecule has 1 aliphatic heterocycles. The van der Waals surface area contributed by atoms with E-state index in [-0.39, 0.29) is 5.57 Å². The third kappa shape index (κ3) is 2.79. The van der Waals surface area contributed by atoms with Gasteiger partial charge in [-0.15, -0.1) is 0 Å². The first-order valence-electron chi connectivity index (χ1n) is 7.31. The number of nitriles is 2. The molecule has 2 aromatic carbocycles. The Morgan fingerprint density at radius 2 is 1.54 bits per heavy atom. The van der Waals surface area contributed by atoms with E-state index in [1.807, 2.05) is 79.8 Å². The van der Waals surface area contributed by atoms with Crippen LogP contribution in [0, 0.1) is 22.7 Å². The predicted molar refractivity (Wildman–Crippen MR) is 92.5 cm³/mol. The fourth-order valence-electron chi connectivity index (χ4n) is 2.39. The first-order valence-corrected chi connectivity index (χ1v) is 7.31. The third-order valence-electron chi connectivity index (χ3n) is 3.55. The predicted octanol–water partition coefficient (Wildman–Crippen LogP) is 3.41. The highest BCUT2D eigenvalue weighted by Crippen LogP contribution is 2.25. The first-order chi connectivity index (χ1) is 11.7. The summed E-state index contributed by atoms with van der Waals surface area (Å²) >= 11 is 0. The highest BCUT2D eigenvalue weighted by Gasteiger charge is 2.29. The van der Waals surface area contributed by atoms with E-state index in [9.17, 15) is 10.5 Å². The summed E-state index contributed by atoms with van der Waals surface area (Å²) in [5.41, 5.74) is 1.87. The molecule has 1 aliphatic rings. The van der Waals surface area contributed by atoms with Crippen molar-refractivity contribution >= 4 is 17.4 Å². The molecular formula is C19H13N5. The van der Waals surface area contributed by atoms with Gasteiger partial charge in [0.2, 0.25) is 0 Å². The maximum atomic E-state index is 9.24. The molecule has 5 heteroatoms. The number of benzene rings is 2. The van der Waals surface area contributed by atoms with Gasteiger partial charge in [0.25, 0.3) is 0 Å². The van der Waals surface area contributed by atoms with Crippen molar-refractivity contribution in [2.45, 2.75) is 0 Å². The molecule has 0 N–H and O–H groups in total. The van der Waals surface area contributed by atoms with Gasteiger partial charge in [-0.3, -0.25) is 0 Å². The Hall–Kier alpha value is -3.70. The monoisotopic (exact) mass is 311 g/mol. The Kier molecular flexibility index (Phi) is 4.18. The van der Waals surface area contributed by atoms with Gasteiger partial charge in [-0.25, -0.2) is 9.98 Å². The Labute approximate surface area is 140 Å². The van der Waals surface area contributed by atoms with Gasteiger partial charge in [0.05, 0.1) is 5.69 Å². The van der Waals surface area contributed by atoms with Crippen molar-refractivity contribution in [1.29, 1.82) is 10.5 Å². The largest absolute Gasteiger partial charge is 0.312 e. The second-order valence-corrected chi connectivity index (χ2v) is 5.08. The molecule has 0 fully saturated rings. The van der Waals surface area contributed by atoms with Gasteiger partial charge in [0, 0.05) is 12.6 Å². The zero-order chi connectivity index (χ0) is 16.9. The number of rotatable bonds is 2. The molecule has 0 aliphatic carbocycles. The van der Waals surface area contributed by atoms with Gasteiger partial charge in [0.1, 0.15) is 23.7 Å². The summed E-state index contributed by atoms with van der Waals surface area (Å²) in [6.07, 6.45) is 0. The Morgan fingerprint density at radius 3 is 2.12 bits per heavy atom. The first kappa shape index (κ1) is 15.2. The Bertz CT molecular complexity index is 909. The summed E-state index contributed by atoms with van der Waals surface area (Å²) in [6, 6.07) is 22.8. The maximum Gasteiger partial charge on any atom is 0.162 e. The number of amidine groups is 2. The number of hydrogen-bond donors (Lipinski definition) is 0. The molecule has 0 bridgehead atoms. The van der Waals surface area contributed by atoms with Crippen LogP contribution in [-0.4, -0.2) is 23.6 Å². The van der Waals surface area contributed by atoms with Crippen LogP contribution < -0.4 is 0 Å². The van der Waals surface area contributed by atoms with Gasteiger partial charge < -0.3 is 4.90 Å². The molecule has 0 saturated carbocycles. The molecule has 5 nitrogen and oxygen atoms in total. The number of aliphatic imine (C=N–C) groups is 2. The number of nitrogens with zero attached hydrogens (tertiary/aromatic N) is 5. The zero-order valence-corrected chi connectivity index (χ0v) is 13.0. The summed E-state index contributed by atoms with van der Waals surface area (Å²) in [5, 5.41) is 18.5. The van der Waals surface area contributed by atoms with Crippen molar-refractivity contribution in [3.05, 3.63) is 77.5 Å². The van der Waals surface area contributed by atoms with Crippen LogP contribution >= 0.6 is 0 Å². The van der Waals surface area contributed by atoms with E-state index in [4.69, 9.17) is 0 Å². The quantitative estimate of drug-likeness (QED) is 0.797. The van der Waals surface area contributed by atoms with Gasteiger partial charge in [-0.2, -0.15) is 10.5 Å². The van der Waals surface area contributed by atoms with E-state index in [0.29, 0.717) is 17.4 Å². The fraction of sp³-hybridized carbons (Fsp3) is 0.0526. The van der Waals surface area contributed by atoms with Gasteiger partial charge >= 0.3 is 0 Å². The average molecular weight is 311 g/mol. The van der Waals surface area contributed by atoms with E-state index >= 15 is 0 Å². The molecule has 114 valence electrons. The average Bonchev–Trinajstić information content (AvgIpc) is 2.95. The molecule has 2 aromatic rings. The highest BCUT2D eigenvalue weighted by molar-refractivity contribution is 6.21. The molecule has 0 atom stereocenters. The van der Waals surface area contributed by atoms with Crippen LogP contribution in [0.3, 0.4) is 0 Å². The highest BCUT2D eigenvalue weighted by atomic mass is 15.3. The second-order valence-electron chi connectivity index (χ2n) is 5.08. The number of allylic oxidation sites excluding steroid dienone is 1. The zero-order valence-electron chi connectivity index (χ0n) is 13.0. The van der Waals surface area contributed by atoms with Crippen molar-refractivity contribution < 1.29 is 0 Å². The standard InChI is InChI=1S/C19H13N5/c1-24-18(14-8-4-2-5-9-14)23-17(15(12-20)13-21)19(24)22-16-10-6-3-7-11-16/h2-11H,1H3. The van der Waals surface area contributed by atoms with Crippen LogP contribution in [0.5, 0.6) is 0 Å². The SMILES string of the molecule is CN1C(=Nc2ccccc2)C(=C(C#N)C#N)N=C1c1ccccc1. The van der Waals surface area contributed by atoms with E-state index in [1.165, 1.54) is 0 Å². The van der Waals surface area contributed by atoms with Crippen LogP contribution in [0.4, 0.5) is 5.69 Å². The molecule has 0 unspecified atom stereocenters. The minimum absolute atomic E-state index is 0.0533. The van der Waals surface area contributed by atoms with Crippen LogP contribution in [0.2, 0.25) is 0 Å². The van der Waals surface area contributed by atoms with Crippen LogP contribution in [0.25, 0.3) is 0 Å². The lowest BCUT2D eigenvalue weighted by molar-refractivity contribution is 0.774. The van der Waals surface area contributed by atoms with Crippen molar-refractivity contribution in [3.8, 4) is 12.1 Å². The maximum absolute atomic E-state index is 9.24. The van der Waals surface area contributed by atoms with Gasteiger partial charge in [0.15, 0.2) is 11.4 Å². The second kappa shape index (κ2) is 6.60. The van der Waals surface area contributed by atoms with Crippen molar-refractivity contribution in [2.24, 2.45) is 9.98 Å². The molecule has 3 rings (SSSR count). The van der Waals surface area contributed by atoms with E-state index < -0.39 is 0 Å². The number of para-hydroxylation sites is 1. The lowest BCUT2D eigenvalue weighted by Crippen LogP contribution is -2.28. The summed E-state index contributed by atoms with van der Waals surface area (Å²) in [7, 11) is 1.83. The third-order valence-corrected chi connectivity index (χ3v) is 3.55. The minimum atomic E-state index is -0.0533. The van der Waals surface area contributed by atoms with Crippen molar-refractivity contribution in [3.63, 3.8) is 0 Å². The Morgan fingerprint density at radius 1 is 0.958 bits per heavy atom. The molecular weight excluding hydrogens is 298 g/mol. The summed E-state index contributed by atoms with van der Waals surface area (Å²) in [5.74, 6) is 1.14. The van der Waals surface area contributed by atoms with Crippen LogP contribution in [-0.2, 0) is 0 Å². The molecule has 0 spiro atoms. The number of hydrogen-bond acceptors (Lipinski definition) is 4. The molecule has 0 saturated heterocycles. The van der Waals surface area contributed by atoms with E-state index in [1.54, 1.807) is 4.90 Å². The fourth-order valence-corrected chi connectivity index (χ4v) is 2.39. The molecule has 24 heavy (non-hydrogen) atoms. The molecule has 1 heterocycles. The Balaban J connectivity index is 2.17. The van der Waals surface area contributed by atoms with E-state index in [0.717, 1.165) is 11.3 Å². The summed E-state index contributed by atoms with van der Waals surface area (Å²) in [6.45, 7) is 0. The smallest absolute Gasteiger partial charge is 0.162 e.